The molecule has 0 bridgehead atoms. The third kappa shape index (κ3) is 2.84. The van der Waals surface area contributed by atoms with E-state index in [1.165, 1.54) is 12.5 Å². The first-order valence-corrected chi connectivity index (χ1v) is 4.81. The van der Waals surface area contributed by atoms with Gasteiger partial charge in [0.25, 0.3) is 5.91 Å². The molecule has 1 amide bonds. The van der Waals surface area contributed by atoms with Gasteiger partial charge in [-0.25, -0.2) is 5.01 Å². The molecule has 0 aromatic carbocycles. The van der Waals surface area contributed by atoms with Crippen LogP contribution in [0.4, 0.5) is 0 Å². The van der Waals surface area contributed by atoms with Crippen LogP contribution < -0.4 is 5.43 Å². The normalized spacial score (nSPS) is 23.5. The van der Waals surface area contributed by atoms with Crippen LogP contribution in [0.5, 0.6) is 0 Å². The fourth-order valence-corrected chi connectivity index (χ4v) is 1.63. The van der Waals surface area contributed by atoms with Gasteiger partial charge in [-0.1, -0.05) is 20.4 Å². The van der Waals surface area contributed by atoms with E-state index in [9.17, 15) is 4.79 Å². The number of carbonyl (C=O) groups is 1. The molecule has 1 aliphatic heterocycles. The molecule has 1 unspecified atom stereocenters. The van der Waals surface area contributed by atoms with Crippen molar-refractivity contribution in [1.82, 2.24) is 10.4 Å². The Labute approximate surface area is 79.8 Å². The Hall–Kier alpha value is -0.830. The van der Waals surface area contributed by atoms with Gasteiger partial charge in [0.1, 0.15) is 0 Å². The first kappa shape index (κ1) is 10.3. The number of amides is 1. The van der Waals surface area contributed by atoms with Crippen LogP contribution in [0.25, 0.3) is 0 Å². The second-order valence-corrected chi connectivity index (χ2v) is 3.92. The topological polar surface area (TPSA) is 32.3 Å². The Morgan fingerprint density at radius 3 is 2.85 bits per heavy atom. The number of nitrogens with one attached hydrogen (secondary N) is 1. The molecule has 3 heteroatoms. The molecule has 0 aromatic heterocycles. The molecule has 0 saturated carbocycles. The number of hydrogen-bond donors (Lipinski definition) is 1. The Kier molecular flexibility index (Phi) is 3.48. The molecule has 1 fully saturated rings. The van der Waals surface area contributed by atoms with Crippen molar-refractivity contribution in [3.8, 4) is 0 Å². The molecule has 3 nitrogen and oxygen atoms in total. The van der Waals surface area contributed by atoms with E-state index < -0.39 is 0 Å². The first-order chi connectivity index (χ1) is 6.13. The van der Waals surface area contributed by atoms with Gasteiger partial charge < -0.3 is 0 Å². The summed E-state index contributed by atoms with van der Waals surface area (Å²) in [6.45, 7) is 9.80. The molecule has 1 atom stereocenters. The first-order valence-electron chi connectivity index (χ1n) is 4.81. The summed E-state index contributed by atoms with van der Waals surface area (Å²) in [6, 6.07) is 0. The minimum atomic E-state index is -0.107. The molecule has 0 radical (unpaired) electrons. The van der Waals surface area contributed by atoms with Gasteiger partial charge in [0, 0.05) is 13.1 Å². The SMILES string of the molecule is C=CC(=O)NN1CCC(C(C)C)C1. The van der Waals surface area contributed by atoms with E-state index in [1.807, 2.05) is 5.01 Å². The predicted octanol–water partition coefficient (Wildman–Crippen LogP) is 1.18. The third-order valence-electron chi connectivity index (χ3n) is 2.62. The maximum absolute atomic E-state index is 11.0. The van der Waals surface area contributed by atoms with Crippen molar-refractivity contribution in [2.45, 2.75) is 20.3 Å². The Morgan fingerprint density at radius 1 is 1.69 bits per heavy atom. The fraction of sp³-hybridized carbons (Fsp3) is 0.700. The summed E-state index contributed by atoms with van der Waals surface area (Å²) in [5, 5.41) is 1.98. The van der Waals surface area contributed by atoms with Crippen LogP contribution in [0.15, 0.2) is 12.7 Å². The highest BCUT2D eigenvalue weighted by Gasteiger charge is 2.25. The van der Waals surface area contributed by atoms with E-state index in [-0.39, 0.29) is 5.91 Å². The highest BCUT2D eigenvalue weighted by atomic mass is 16.2. The maximum atomic E-state index is 11.0. The van der Waals surface area contributed by atoms with Crippen LogP contribution in [0.1, 0.15) is 20.3 Å². The lowest BCUT2D eigenvalue weighted by molar-refractivity contribution is -0.120. The van der Waals surface area contributed by atoms with Gasteiger partial charge in [-0.2, -0.15) is 0 Å². The highest BCUT2D eigenvalue weighted by molar-refractivity contribution is 5.86. The zero-order chi connectivity index (χ0) is 9.84. The van der Waals surface area contributed by atoms with Gasteiger partial charge in [-0.15, -0.1) is 0 Å². The van der Waals surface area contributed by atoms with Crippen LogP contribution >= 0.6 is 0 Å². The Bertz CT molecular complexity index is 201. The molecule has 1 saturated heterocycles. The highest BCUT2D eigenvalue weighted by Crippen LogP contribution is 2.21. The average Bonchev–Trinajstić information content (AvgIpc) is 2.52. The van der Waals surface area contributed by atoms with Crippen LogP contribution in [0.2, 0.25) is 0 Å². The molecule has 1 rings (SSSR count). The second-order valence-electron chi connectivity index (χ2n) is 3.92. The average molecular weight is 182 g/mol. The lowest BCUT2D eigenvalue weighted by atomic mass is 9.96. The smallest absolute Gasteiger partial charge is 0.257 e. The van der Waals surface area contributed by atoms with Gasteiger partial charge in [0.05, 0.1) is 0 Å². The molecule has 1 aliphatic rings. The number of hydrazine groups is 1. The lowest BCUT2D eigenvalue weighted by Crippen LogP contribution is -2.39. The van der Waals surface area contributed by atoms with E-state index in [0.717, 1.165) is 13.1 Å². The van der Waals surface area contributed by atoms with E-state index in [2.05, 4.69) is 25.9 Å². The summed E-state index contributed by atoms with van der Waals surface area (Å²) in [6.07, 6.45) is 2.48. The van der Waals surface area contributed by atoms with E-state index in [0.29, 0.717) is 11.8 Å². The van der Waals surface area contributed by atoms with Crippen molar-refractivity contribution >= 4 is 5.91 Å². The summed E-state index contributed by atoms with van der Waals surface area (Å²) in [4.78, 5) is 11.0. The number of rotatable bonds is 3. The minimum absolute atomic E-state index is 0.107. The lowest BCUT2D eigenvalue weighted by Gasteiger charge is -2.17. The molecular formula is C10H18N2O. The zero-order valence-corrected chi connectivity index (χ0v) is 8.42. The number of carbonyl (C=O) groups excluding carboxylic acids is 1. The van der Waals surface area contributed by atoms with Crippen molar-refractivity contribution in [2.24, 2.45) is 11.8 Å². The quantitative estimate of drug-likeness (QED) is 0.665. The molecular weight excluding hydrogens is 164 g/mol. The third-order valence-corrected chi connectivity index (χ3v) is 2.62. The van der Waals surface area contributed by atoms with Crippen LogP contribution in [-0.2, 0) is 4.79 Å². The molecule has 13 heavy (non-hydrogen) atoms. The number of nitrogens with zero attached hydrogens (tertiary/aromatic N) is 1. The molecule has 0 spiro atoms. The largest absolute Gasteiger partial charge is 0.285 e. The molecule has 1 heterocycles. The zero-order valence-electron chi connectivity index (χ0n) is 8.42. The molecule has 0 aromatic rings. The monoisotopic (exact) mass is 182 g/mol. The van der Waals surface area contributed by atoms with E-state index in [1.54, 1.807) is 0 Å². The van der Waals surface area contributed by atoms with Crippen LogP contribution in [0.3, 0.4) is 0 Å². The molecule has 74 valence electrons. The van der Waals surface area contributed by atoms with Crippen molar-refractivity contribution in [3.63, 3.8) is 0 Å². The van der Waals surface area contributed by atoms with Crippen LogP contribution in [0, 0.1) is 11.8 Å². The van der Waals surface area contributed by atoms with Crippen molar-refractivity contribution in [3.05, 3.63) is 12.7 Å². The standard InChI is InChI=1S/C10H18N2O/c1-4-10(13)11-12-6-5-9(7-12)8(2)3/h4,8-9H,1,5-7H2,2-3H3,(H,11,13). The molecule has 0 aliphatic carbocycles. The minimum Gasteiger partial charge on any atom is -0.285 e. The molecule has 1 N–H and O–H groups in total. The van der Waals surface area contributed by atoms with Crippen molar-refractivity contribution < 1.29 is 4.79 Å². The Morgan fingerprint density at radius 2 is 2.38 bits per heavy atom. The number of hydrogen-bond acceptors (Lipinski definition) is 2. The van der Waals surface area contributed by atoms with E-state index >= 15 is 0 Å². The van der Waals surface area contributed by atoms with Gasteiger partial charge in [0.15, 0.2) is 0 Å². The van der Waals surface area contributed by atoms with Crippen LogP contribution in [-0.4, -0.2) is 24.0 Å². The predicted molar refractivity (Wildman–Crippen MR) is 52.9 cm³/mol. The van der Waals surface area contributed by atoms with Gasteiger partial charge in [-0.3, -0.25) is 10.2 Å². The second kappa shape index (κ2) is 4.42. The van der Waals surface area contributed by atoms with Gasteiger partial charge in [-0.05, 0) is 24.3 Å². The summed E-state index contributed by atoms with van der Waals surface area (Å²) in [5.74, 6) is 1.31. The van der Waals surface area contributed by atoms with Gasteiger partial charge in [0.2, 0.25) is 0 Å². The van der Waals surface area contributed by atoms with Crippen molar-refractivity contribution in [2.75, 3.05) is 13.1 Å². The van der Waals surface area contributed by atoms with Gasteiger partial charge >= 0.3 is 0 Å². The fourth-order valence-electron chi connectivity index (χ4n) is 1.63. The Balaban J connectivity index is 2.33. The maximum Gasteiger partial charge on any atom is 0.257 e. The summed E-state index contributed by atoms with van der Waals surface area (Å²) < 4.78 is 0. The van der Waals surface area contributed by atoms with E-state index in [4.69, 9.17) is 0 Å². The summed E-state index contributed by atoms with van der Waals surface area (Å²) in [5.41, 5.74) is 2.79. The summed E-state index contributed by atoms with van der Waals surface area (Å²) in [7, 11) is 0. The summed E-state index contributed by atoms with van der Waals surface area (Å²) >= 11 is 0. The van der Waals surface area contributed by atoms with Crippen molar-refractivity contribution in [1.29, 1.82) is 0 Å².